The van der Waals surface area contributed by atoms with Gasteiger partial charge in [0.05, 0.1) is 4.92 Å². The first-order valence-corrected chi connectivity index (χ1v) is 7.97. The van der Waals surface area contributed by atoms with Crippen LogP contribution in [-0.2, 0) is 16.0 Å². The lowest BCUT2D eigenvalue weighted by molar-refractivity contribution is -0.384. The smallest absolute Gasteiger partial charge is 0.306 e. The van der Waals surface area contributed by atoms with E-state index in [2.05, 4.69) is 4.99 Å². The topological polar surface area (TPSA) is 85.0 Å². The minimum atomic E-state index is -0.812. The Morgan fingerprint density at radius 3 is 2.54 bits per heavy atom. The highest BCUT2D eigenvalue weighted by Gasteiger charge is 2.32. The van der Waals surface area contributed by atoms with E-state index in [-0.39, 0.29) is 17.1 Å². The van der Waals surface area contributed by atoms with E-state index in [1.54, 1.807) is 31.0 Å². The fourth-order valence-corrected chi connectivity index (χ4v) is 2.67. The van der Waals surface area contributed by atoms with Crippen molar-refractivity contribution in [2.75, 3.05) is 7.05 Å². The van der Waals surface area contributed by atoms with Gasteiger partial charge in [-0.15, -0.1) is 0 Å². The van der Waals surface area contributed by atoms with E-state index in [9.17, 15) is 14.9 Å². The second kappa shape index (κ2) is 7.54. The van der Waals surface area contributed by atoms with Crippen LogP contribution in [0.3, 0.4) is 0 Å². The molecule has 0 saturated heterocycles. The van der Waals surface area contributed by atoms with Crippen LogP contribution in [0.15, 0.2) is 29.3 Å². The molecule has 9 heteroatoms. The first-order chi connectivity index (χ1) is 11.3. The number of thiocarbonyl (C=S) groups is 2. The molecule has 0 bridgehead atoms. The summed E-state index contributed by atoms with van der Waals surface area (Å²) >= 11 is 10.5. The van der Waals surface area contributed by atoms with E-state index in [1.165, 1.54) is 12.1 Å². The van der Waals surface area contributed by atoms with Crippen molar-refractivity contribution in [3.8, 4) is 0 Å². The summed E-state index contributed by atoms with van der Waals surface area (Å²) in [7, 11) is 1.72. The monoisotopic (exact) mass is 365 g/mol. The molecule has 1 aliphatic rings. The van der Waals surface area contributed by atoms with Crippen LogP contribution < -0.4 is 0 Å². The van der Waals surface area contributed by atoms with Crippen molar-refractivity contribution >= 4 is 51.9 Å². The van der Waals surface area contributed by atoms with Crippen molar-refractivity contribution in [3.63, 3.8) is 0 Å². The molecule has 0 aromatic heterocycles. The van der Waals surface area contributed by atoms with Gasteiger partial charge in [0.25, 0.3) is 5.69 Å². The van der Waals surface area contributed by atoms with Gasteiger partial charge in [-0.3, -0.25) is 14.9 Å². The predicted molar refractivity (Wildman–Crippen MR) is 97.4 cm³/mol. The summed E-state index contributed by atoms with van der Waals surface area (Å²) in [6.45, 7) is 1.68. The molecule has 126 valence electrons. The molecule has 0 saturated carbocycles. The highest BCUT2D eigenvalue weighted by atomic mass is 32.1. The fourth-order valence-electron chi connectivity index (χ4n) is 2.06. The summed E-state index contributed by atoms with van der Waals surface area (Å²) in [6.07, 6.45) is -0.179. The predicted octanol–water partition coefficient (Wildman–Crippen LogP) is 2.46. The maximum atomic E-state index is 11.5. The van der Waals surface area contributed by atoms with Crippen LogP contribution in [-0.4, -0.2) is 44.8 Å². The number of carbonyl (C=O) groups excluding carboxylic acids is 1. The molecule has 1 heterocycles. The van der Waals surface area contributed by atoms with Crippen molar-refractivity contribution in [1.82, 2.24) is 4.90 Å². The number of hydrogen-bond acceptors (Lipinski definition) is 6. The number of amidine groups is 1. The molecule has 1 aromatic rings. The Morgan fingerprint density at radius 2 is 2.00 bits per heavy atom. The van der Waals surface area contributed by atoms with Crippen molar-refractivity contribution in [2.45, 2.75) is 25.9 Å². The van der Waals surface area contributed by atoms with Crippen molar-refractivity contribution in [3.05, 3.63) is 39.9 Å². The molecule has 0 radical (unpaired) electrons. The highest BCUT2D eigenvalue weighted by molar-refractivity contribution is 7.82. The zero-order valence-electron chi connectivity index (χ0n) is 13.1. The van der Waals surface area contributed by atoms with Crippen LogP contribution in [0.4, 0.5) is 5.69 Å². The van der Waals surface area contributed by atoms with Crippen LogP contribution in [0.5, 0.6) is 0 Å². The Labute approximate surface area is 149 Å². The van der Waals surface area contributed by atoms with E-state index in [0.29, 0.717) is 17.2 Å². The number of benzene rings is 1. The molecule has 24 heavy (non-hydrogen) atoms. The second-order valence-corrected chi connectivity index (χ2v) is 5.92. The summed E-state index contributed by atoms with van der Waals surface area (Å²) in [5, 5.41) is 10.7. The first-order valence-electron chi connectivity index (χ1n) is 7.15. The number of esters is 1. The standard InChI is InChI=1S/C15H15N3O4S2/c1-3-12(19)22-13-14(23)16-11(17(2)15(13)24)8-9-4-6-10(7-5-9)18(20)21/h4-7,13H,3,8H2,1-2H3. The molecule has 0 fully saturated rings. The fraction of sp³-hybridized carbons (Fsp3) is 0.333. The highest BCUT2D eigenvalue weighted by Crippen LogP contribution is 2.17. The van der Waals surface area contributed by atoms with Crippen LogP contribution in [0.25, 0.3) is 0 Å². The van der Waals surface area contributed by atoms with Crippen LogP contribution in [0.1, 0.15) is 18.9 Å². The molecule has 1 aliphatic heterocycles. The van der Waals surface area contributed by atoms with Crippen molar-refractivity contribution in [2.24, 2.45) is 4.99 Å². The van der Waals surface area contributed by atoms with Gasteiger partial charge in [-0.25, -0.2) is 4.99 Å². The normalized spacial score (nSPS) is 17.5. The SMILES string of the molecule is CCC(=O)OC1C(=S)N=C(Cc2ccc([N+](=O)[O-])cc2)N(C)C1=S. The Kier molecular flexibility index (Phi) is 5.68. The third-order valence-corrected chi connectivity index (χ3v) is 4.25. The van der Waals surface area contributed by atoms with E-state index >= 15 is 0 Å². The molecule has 1 unspecified atom stereocenters. The summed E-state index contributed by atoms with van der Waals surface area (Å²) in [5.74, 6) is 0.203. The lowest BCUT2D eigenvalue weighted by Crippen LogP contribution is -2.49. The average Bonchev–Trinajstić information content (AvgIpc) is 2.56. The largest absolute Gasteiger partial charge is 0.447 e. The number of nitro groups is 1. The third kappa shape index (κ3) is 3.98. The lowest BCUT2D eigenvalue weighted by atomic mass is 10.1. The van der Waals surface area contributed by atoms with E-state index in [0.717, 1.165) is 5.56 Å². The molecule has 1 atom stereocenters. The molecule has 2 rings (SSSR count). The lowest BCUT2D eigenvalue weighted by Gasteiger charge is -2.31. The number of nitro benzene ring substituents is 1. The second-order valence-electron chi connectivity index (χ2n) is 5.09. The molecule has 7 nitrogen and oxygen atoms in total. The van der Waals surface area contributed by atoms with E-state index in [1.807, 2.05) is 0 Å². The van der Waals surface area contributed by atoms with Gasteiger partial charge in [-0.05, 0) is 5.56 Å². The number of ether oxygens (including phenoxy) is 1. The number of rotatable bonds is 5. The summed E-state index contributed by atoms with van der Waals surface area (Å²) in [5.41, 5.74) is 0.857. The zero-order valence-corrected chi connectivity index (χ0v) is 14.7. The third-order valence-electron chi connectivity index (χ3n) is 3.45. The van der Waals surface area contributed by atoms with Gasteiger partial charge in [0.15, 0.2) is 4.99 Å². The maximum absolute atomic E-state index is 11.5. The van der Waals surface area contributed by atoms with Gasteiger partial charge in [0, 0.05) is 32.0 Å². The van der Waals surface area contributed by atoms with Gasteiger partial charge < -0.3 is 9.64 Å². The van der Waals surface area contributed by atoms with Gasteiger partial charge in [0.2, 0.25) is 6.10 Å². The van der Waals surface area contributed by atoms with Crippen LogP contribution in [0, 0.1) is 10.1 Å². The zero-order chi connectivity index (χ0) is 17.9. The van der Waals surface area contributed by atoms with Crippen molar-refractivity contribution < 1.29 is 14.5 Å². The van der Waals surface area contributed by atoms with Gasteiger partial charge >= 0.3 is 5.97 Å². The quantitative estimate of drug-likeness (QED) is 0.343. The minimum absolute atomic E-state index is 0.0234. The van der Waals surface area contributed by atoms with E-state index < -0.39 is 17.0 Å². The molecular formula is C15H15N3O4S2. The first kappa shape index (κ1) is 18.1. The Hall–Kier alpha value is -2.26. The summed E-state index contributed by atoms with van der Waals surface area (Å²) in [6, 6.07) is 6.18. The van der Waals surface area contributed by atoms with Crippen LogP contribution >= 0.6 is 24.4 Å². The molecule has 0 N–H and O–H groups in total. The number of nitrogens with zero attached hydrogens (tertiary/aromatic N) is 3. The number of carbonyl (C=O) groups is 1. The number of hydrogen-bond donors (Lipinski definition) is 0. The minimum Gasteiger partial charge on any atom is -0.447 e. The number of aliphatic imine (C=N–C) groups is 1. The van der Waals surface area contributed by atoms with Gasteiger partial charge in [-0.1, -0.05) is 43.5 Å². The van der Waals surface area contributed by atoms with Gasteiger partial charge in [0.1, 0.15) is 10.8 Å². The van der Waals surface area contributed by atoms with Gasteiger partial charge in [-0.2, -0.15) is 0 Å². The van der Waals surface area contributed by atoms with E-state index in [4.69, 9.17) is 29.2 Å². The Balaban J connectivity index is 2.17. The Bertz CT molecular complexity index is 731. The number of non-ortho nitro benzene ring substituents is 1. The maximum Gasteiger partial charge on any atom is 0.306 e. The average molecular weight is 365 g/mol. The number of likely N-dealkylation sites (N-methyl/N-ethyl adjacent to an activating group) is 1. The molecule has 0 aliphatic carbocycles. The molecule has 0 spiro atoms. The summed E-state index contributed by atoms with van der Waals surface area (Å²) in [4.78, 5) is 28.2. The molecule has 1 aromatic carbocycles. The molecular weight excluding hydrogens is 350 g/mol. The molecule has 0 amide bonds. The Morgan fingerprint density at radius 1 is 1.38 bits per heavy atom. The van der Waals surface area contributed by atoms with Crippen molar-refractivity contribution in [1.29, 1.82) is 0 Å². The summed E-state index contributed by atoms with van der Waals surface area (Å²) < 4.78 is 5.23. The van der Waals surface area contributed by atoms with Crippen LogP contribution in [0.2, 0.25) is 0 Å².